The summed E-state index contributed by atoms with van der Waals surface area (Å²) in [5, 5.41) is 11.9. The van der Waals surface area contributed by atoms with Gasteiger partial charge in [0.2, 0.25) is 10.0 Å². The first-order chi connectivity index (χ1) is 9.81. The van der Waals surface area contributed by atoms with Gasteiger partial charge in [0.1, 0.15) is 4.90 Å². The molecule has 116 valence electrons. The van der Waals surface area contributed by atoms with Crippen molar-refractivity contribution in [2.45, 2.75) is 23.8 Å². The smallest absolute Gasteiger partial charge is 0.337 e. The summed E-state index contributed by atoms with van der Waals surface area (Å²) >= 11 is 11.6. The van der Waals surface area contributed by atoms with Crippen LogP contribution in [-0.2, 0) is 10.0 Å². The van der Waals surface area contributed by atoms with E-state index in [1.165, 1.54) is 0 Å². The molecular weight excluding hydrogens is 339 g/mol. The second-order valence-electron chi connectivity index (χ2n) is 4.71. The van der Waals surface area contributed by atoms with Crippen LogP contribution in [0.15, 0.2) is 17.0 Å². The van der Waals surface area contributed by atoms with Crippen LogP contribution in [0.3, 0.4) is 0 Å². The monoisotopic (exact) mass is 352 g/mol. The molecule has 0 atom stereocenters. The Morgan fingerprint density at radius 1 is 1.24 bits per heavy atom. The number of piperidine rings is 1. The van der Waals surface area contributed by atoms with E-state index in [0.717, 1.165) is 25.2 Å². The molecule has 0 unspecified atom stereocenters. The van der Waals surface area contributed by atoms with Gasteiger partial charge in [-0.3, -0.25) is 0 Å². The first-order valence-corrected chi connectivity index (χ1v) is 8.50. The zero-order chi connectivity index (χ0) is 15.6. The van der Waals surface area contributed by atoms with Crippen LogP contribution in [-0.4, -0.2) is 38.6 Å². The summed E-state index contributed by atoms with van der Waals surface area (Å²) in [5.74, 6) is -1.31. The van der Waals surface area contributed by atoms with Crippen molar-refractivity contribution in [3.63, 3.8) is 0 Å². The van der Waals surface area contributed by atoms with Crippen LogP contribution in [0.2, 0.25) is 10.0 Å². The number of hydrogen-bond acceptors (Lipinski definition) is 4. The second-order valence-corrected chi connectivity index (χ2v) is 7.21. The molecule has 0 bridgehead atoms. The van der Waals surface area contributed by atoms with Crippen LogP contribution in [0.25, 0.3) is 0 Å². The third-order valence-corrected chi connectivity index (χ3v) is 5.50. The van der Waals surface area contributed by atoms with Crippen molar-refractivity contribution >= 4 is 39.2 Å². The quantitative estimate of drug-likeness (QED) is 0.766. The van der Waals surface area contributed by atoms with E-state index in [-0.39, 0.29) is 26.5 Å². The average Bonchev–Trinajstić information content (AvgIpc) is 2.38. The summed E-state index contributed by atoms with van der Waals surface area (Å²) in [6.45, 7) is 1.45. The summed E-state index contributed by atoms with van der Waals surface area (Å²) in [7, 11) is -3.90. The van der Waals surface area contributed by atoms with Crippen molar-refractivity contribution < 1.29 is 18.3 Å². The topological polar surface area (TPSA) is 95.5 Å². The molecule has 6 nitrogen and oxygen atoms in total. The fraction of sp³-hybridized carbons (Fsp3) is 0.417. The standard InChI is InChI=1S/C12H14Cl2N2O4S/c13-9-6-10(14)11(5-8(9)12(17)18)21(19,20)16-7-1-3-15-4-2-7/h5-7,15-16H,1-4H2,(H,17,18). The van der Waals surface area contributed by atoms with Crippen LogP contribution in [0.5, 0.6) is 0 Å². The number of rotatable bonds is 4. The Morgan fingerprint density at radius 3 is 2.43 bits per heavy atom. The van der Waals surface area contributed by atoms with Crippen LogP contribution >= 0.6 is 23.2 Å². The molecule has 0 aromatic heterocycles. The van der Waals surface area contributed by atoms with E-state index < -0.39 is 16.0 Å². The molecule has 1 fully saturated rings. The molecule has 2 rings (SSSR count). The molecule has 9 heteroatoms. The summed E-state index contributed by atoms with van der Waals surface area (Å²) in [4.78, 5) is 10.8. The number of halogens is 2. The molecule has 3 N–H and O–H groups in total. The molecule has 1 heterocycles. The van der Waals surface area contributed by atoms with Crippen molar-refractivity contribution in [2.75, 3.05) is 13.1 Å². The van der Waals surface area contributed by atoms with Crippen molar-refractivity contribution in [3.8, 4) is 0 Å². The van der Waals surface area contributed by atoms with Crippen LogP contribution in [0, 0.1) is 0 Å². The normalized spacial score (nSPS) is 16.9. The summed E-state index contributed by atoms with van der Waals surface area (Å²) in [6, 6.07) is 1.91. The molecule has 1 aliphatic heterocycles. The van der Waals surface area contributed by atoms with E-state index in [0.29, 0.717) is 12.8 Å². The van der Waals surface area contributed by atoms with Crippen LogP contribution in [0.4, 0.5) is 0 Å². The van der Waals surface area contributed by atoms with Gasteiger partial charge in [0, 0.05) is 6.04 Å². The lowest BCUT2D eigenvalue weighted by molar-refractivity contribution is 0.0697. The maximum atomic E-state index is 12.4. The fourth-order valence-corrected chi connectivity index (χ4v) is 4.28. The Kier molecular flexibility index (Phi) is 5.11. The van der Waals surface area contributed by atoms with Gasteiger partial charge in [0.05, 0.1) is 15.6 Å². The van der Waals surface area contributed by atoms with Crippen LogP contribution in [0.1, 0.15) is 23.2 Å². The van der Waals surface area contributed by atoms with E-state index in [1.807, 2.05) is 0 Å². The number of sulfonamides is 1. The minimum atomic E-state index is -3.90. The number of carboxylic acids is 1. The molecule has 0 aliphatic carbocycles. The molecule has 1 aromatic carbocycles. The maximum Gasteiger partial charge on any atom is 0.337 e. The molecule has 0 amide bonds. The van der Waals surface area contributed by atoms with Crippen molar-refractivity contribution in [3.05, 3.63) is 27.7 Å². The van der Waals surface area contributed by atoms with Crippen LogP contribution < -0.4 is 10.0 Å². The molecule has 0 radical (unpaired) electrons. The Hall–Kier alpha value is -0.860. The van der Waals surface area contributed by atoms with Gasteiger partial charge in [0.15, 0.2) is 0 Å². The van der Waals surface area contributed by atoms with E-state index >= 15 is 0 Å². The molecular formula is C12H14Cl2N2O4S. The fourth-order valence-electron chi connectivity index (χ4n) is 2.12. The zero-order valence-electron chi connectivity index (χ0n) is 10.9. The minimum absolute atomic E-state index is 0.103. The maximum absolute atomic E-state index is 12.4. The highest BCUT2D eigenvalue weighted by molar-refractivity contribution is 7.89. The summed E-state index contributed by atoms with van der Waals surface area (Å²) in [6.07, 6.45) is 1.33. The van der Waals surface area contributed by atoms with Gasteiger partial charge in [0.25, 0.3) is 0 Å². The molecule has 0 spiro atoms. The predicted molar refractivity (Wildman–Crippen MR) is 79.6 cm³/mol. The number of carboxylic acid groups (broad SMARTS) is 1. The Labute approximate surface area is 132 Å². The molecule has 1 aliphatic rings. The highest BCUT2D eigenvalue weighted by atomic mass is 35.5. The highest BCUT2D eigenvalue weighted by Crippen LogP contribution is 2.29. The van der Waals surface area contributed by atoms with Gasteiger partial charge < -0.3 is 10.4 Å². The van der Waals surface area contributed by atoms with Crippen molar-refractivity contribution in [1.82, 2.24) is 10.0 Å². The lowest BCUT2D eigenvalue weighted by Crippen LogP contribution is -2.42. The second kappa shape index (κ2) is 6.50. The van der Waals surface area contributed by atoms with Gasteiger partial charge >= 0.3 is 5.97 Å². The Bertz CT molecular complexity index is 657. The van der Waals surface area contributed by atoms with E-state index in [2.05, 4.69) is 10.0 Å². The lowest BCUT2D eigenvalue weighted by Gasteiger charge is -2.23. The Morgan fingerprint density at radius 2 is 1.86 bits per heavy atom. The number of carbonyl (C=O) groups is 1. The minimum Gasteiger partial charge on any atom is -0.478 e. The van der Waals surface area contributed by atoms with Gasteiger partial charge in [-0.05, 0) is 38.1 Å². The molecule has 1 saturated heterocycles. The highest BCUT2D eigenvalue weighted by Gasteiger charge is 2.26. The van der Waals surface area contributed by atoms with E-state index in [9.17, 15) is 13.2 Å². The molecule has 1 aromatic rings. The summed E-state index contributed by atoms with van der Waals surface area (Å²) in [5.41, 5.74) is -0.299. The predicted octanol–water partition coefficient (Wildman–Crippen LogP) is 1.72. The number of hydrogen-bond donors (Lipinski definition) is 3. The number of nitrogens with one attached hydrogen (secondary N) is 2. The third kappa shape index (κ3) is 3.87. The zero-order valence-corrected chi connectivity index (χ0v) is 13.2. The largest absolute Gasteiger partial charge is 0.478 e. The molecule has 21 heavy (non-hydrogen) atoms. The SMILES string of the molecule is O=C(O)c1cc(S(=O)(=O)NC2CCNCC2)c(Cl)cc1Cl. The van der Waals surface area contributed by atoms with Gasteiger partial charge in [-0.25, -0.2) is 17.9 Å². The van der Waals surface area contributed by atoms with Gasteiger partial charge in [-0.2, -0.15) is 0 Å². The van der Waals surface area contributed by atoms with Gasteiger partial charge in [-0.15, -0.1) is 0 Å². The van der Waals surface area contributed by atoms with E-state index in [4.69, 9.17) is 28.3 Å². The summed E-state index contributed by atoms with van der Waals surface area (Å²) < 4.78 is 27.3. The lowest BCUT2D eigenvalue weighted by atomic mass is 10.1. The van der Waals surface area contributed by atoms with Gasteiger partial charge in [-0.1, -0.05) is 23.2 Å². The number of benzene rings is 1. The van der Waals surface area contributed by atoms with E-state index in [1.54, 1.807) is 0 Å². The third-order valence-electron chi connectivity index (χ3n) is 3.20. The van der Waals surface area contributed by atoms with Crippen molar-refractivity contribution in [2.24, 2.45) is 0 Å². The Balaban J connectivity index is 2.34. The average molecular weight is 353 g/mol. The molecule has 0 saturated carbocycles. The number of aromatic carboxylic acids is 1. The first-order valence-electron chi connectivity index (χ1n) is 6.26. The first kappa shape index (κ1) is 16.5. The van der Waals surface area contributed by atoms with Crippen molar-refractivity contribution in [1.29, 1.82) is 0 Å².